The molecule has 0 saturated carbocycles. The van der Waals surface area contributed by atoms with Crippen LogP contribution in [0.25, 0.3) is 11.0 Å². The lowest BCUT2D eigenvalue weighted by Crippen LogP contribution is -2.49. The van der Waals surface area contributed by atoms with Gasteiger partial charge in [-0.2, -0.15) is 0 Å². The first kappa shape index (κ1) is 17.5. The monoisotopic (exact) mass is 364 g/mol. The summed E-state index contributed by atoms with van der Waals surface area (Å²) in [5.41, 5.74) is 0.847. The summed E-state index contributed by atoms with van der Waals surface area (Å²) in [4.78, 5) is 21.3. The number of aromatic nitrogens is 1. The molecule has 0 radical (unpaired) electrons. The minimum atomic E-state index is -0.153. The Morgan fingerprint density at radius 1 is 1.15 bits per heavy atom. The van der Waals surface area contributed by atoms with Gasteiger partial charge in [0, 0.05) is 37.8 Å². The van der Waals surface area contributed by atoms with Crippen LogP contribution in [0.15, 0.2) is 59.1 Å². The highest BCUT2D eigenvalue weighted by molar-refractivity contribution is 5.80. The minimum absolute atomic E-state index is 0.0224. The number of hydrogen-bond donors (Lipinski definition) is 1. The summed E-state index contributed by atoms with van der Waals surface area (Å²) in [7, 11) is 0. The van der Waals surface area contributed by atoms with E-state index in [0.29, 0.717) is 6.54 Å². The third kappa shape index (κ3) is 4.11. The Hall–Kier alpha value is -2.86. The highest BCUT2D eigenvalue weighted by Gasteiger charge is 2.21. The molecule has 0 spiro atoms. The Bertz CT molecular complexity index is 868. The number of amides is 1. The average Bonchev–Trinajstić information content (AvgIpc) is 3.14. The van der Waals surface area contributed by atoms with Gasteiger partial charge in [0.2, 0.25) is 5.91 Å². The Labute approximate surface area is 158 Å². The molecule has 1 amide bonds. The van der Waals surface area contributed by atoms with Gasteiger partial charge in [-0.15, -0.1) is 0 Å². The zero-order valence-electron chi connectivity index (χ0n) is 15.5. The summed E-state index contributed by atoms with van der Waals surface area (Å²) in [6, 6.07) is 15.7. The van der Waals surface area contributed by atoms with Crippen LogP contribution in [0, 0.1) is 0 Å². The summed E-state index contributed by atoms with van der Waals surface area (Å²) in [6.45, 7) is 5.81. The van der Waals surface area contributed by atoms with Gasteiger partial charge in [-0.25, -0.2) is 4.98 Å². The van der Waals surface area contributed by atoms with E-state index in [4.69, 9.17) is 4.42 Å². The first-order valence-corrected chi connectivity index (χ1v) is 9.35. The van der Waals surface area contributed by atoms with Gasteiger partial charge in [0.25, 0.3) is 0 Å². The number of nitrogens with zero attached hydrogens (tertiary/aromatic N) is 3. The molecule has 1 N–H and O–H groups in total. The fourth-order valence-corrected chi connectivity index (χ4v) is 3.45. The molecule has 0 bridgehead atoms. The topological polar surface area (TPSA) is 61.6 Å². The molecule has 0 aliphatic carbocycles. The number of pyridine rings is 1. The molecule has 1 saturated heterocycles. The predicted molar refractivity (Wildman–Crippen MR) is 106 cm³/mol. The SMILES string of the molecule is C[C@H](NC(=O)CN1CCN(c2ccccn2)CC1)c1cc2ccccc2o1. The summed E-state index contributed by atoms with van der Waals surface area (Å²) in [5.74, 6) is 1.80. The lowest BCUT2D eigenvalue weighted by molar-refractivity contribution is -0.123. The first-order valence-electron chi connectivity index (χ1n) is 9.35. The summed E-state index contributed by atoms with van der Waals surface area (Å²) >= 11 is 0. The van der Waals surface area contributed by atoms with Crippen LogP contribution in [0.4, 0.5) is 5.82 Å². The van der Waals surface area contributed by atoms with Gasteiger partial charge in [-0.05, 0) is 31.2 Å². The maximum absolute atomic E-state index is 12.4. The van der Waals surface area contributed by atoms with Crippen LogP contribution in [0.2, 0.25) is 0 Å². The molecule has 2 aromatic heterocycles. The molecule has 0 unspecified atom stereocenters. The molecule has 1 atom stereocenters. The quantitative estimate of drug-likeness (QED) is 0.754. The third-order valence-electron chi connectivity index (χ3n) is 4.96. The number of carbonyl (C=O) groups is 1. The molecule has 1 fully saturated rings. The average molecular weight is 364 g/mol. The van der Waals surface area contributed by atoms with Crippen LogP contribution in [-0.4, -0.2) is 48.5 Å². The number of nitrogens with one attached hydrogen (secondary N) is 1. The van der Waals surface area contributed by atoms with Crippen molar-refractivity contribution >= 4 is 22.7 Å². The molecule has 3 heterocycles. The van der Waals surface area contributed by atoms with Crippen molar-refractivity contribution in [3.05, 3.63) is 60.5 Å². The lowest BCUT2D eigenvalue weighted by Gasteiger charge is -2.35. The van der Waals surface area contributed by atoms with E-state index < -0.39 is 0 Å². The molecule has 1 aliphatic heterocycles. The largest absolute Gasteiger partial charge is 0.459 e. The van der Waals surface area contributed by atoms with Crippen LogP contribution in [-0.2, 0) is 4.79 Å². The highest BCUT2D eigenvalue weighted by Crippen LogP contribution is 2.23. The van der Waals surface area contributed by atoms with Gasteiger partial charge in [0.15, 0.2) is 0 Å². The van der Waals surface area contributed by atoms with E-state index in [0.717, 1.165) is 48.7 Å². The predicted octanol–water partition coefficient (Wildman–Crippen LogP) is 2.83. The van der Waals surface area contributed by atoms with Crippen LogP contribution in [0.5, 0.6) is 0 Å². The molecule has 3 aromatic rings. The number of benzene rings is 1. The second kappa shape index (κ2) is 7.80. The number of fused-ring (bicyclic) bond motifs is 1. The molecule has 140 valence electrons. The number of carbonyl (C=O) groups excluding carboxylic acids is 1. The number of anilines is 1. The zero-order valence-corrected chi connectivity index (χ0v) is 15.5. The molecule has 6 nitrogen and oxygen atoms in total. The molecule has 27 heavy (non-hydrogen) atoms. The van der Waals surface area contributed by atoms with Gasteiger partial charge in [-0.3, -0.25) is 9.69 Å². The van der Waals surface area contributed by atoms with E-state index >= 15 is 0 Å². The second-order valence-corrected chi connectivity index (χ2v) is 6.93. The van der Waals surface area contributed by atoms with E-state index in [1.165, 1.54) is 0 Å². The second-order valence-electron chi connectivity index (χ2n) is 6.93. The maximum atomic E-state index is 12.4. The van der Waals surface area contributed by atoms with E-state index in [9.17, 15) is 4.79 Å². The number of piperazine rings is 1. The van der Waals surface area contributed by atoms with E-state index in [2.05, 4.69) is 20.1 Å². The van der Waals surface area contributed by atoms with E-state index in [1.54, 1.807) is 0 Å². The van der Waals surface area contributed by atoms with Gasteiger partial charge >= 0.3 is 0 Å². The van der Waals surface area contributed by atoms with Gasteiger partial charge in [0.05, 0.1) is 12.6 Å². The van der Waals surface area contributed by atoms with E-state index in [1.807, 2.05) is 61.7 Å². The highest BCUT2D eigenvalue weighted by atomic mass is 16.3. The molecular weight excluding hydrogens is 340 g/mol. The number of rotatable bonds is 5. The van der Waals surface area contributed by atoms with Gasteiger partial charge in [-0.1, -0.05) is 24.3 Å². The van der Waals surface area contributed by atoms with Crippen molar-refractivity contribution in [2.75, 3.05) is 37.6 Å². The van der Waals surface area contributed by atoms with Crippen molar-refractivity contribution in [3.8, 4) is 0 Å². The molecule has 1 aliphatic rings. The van der Waals surface area contributed by atoms with E-state index in [-0.39, 0.29) is 11.9 Å². The Morgan fingerprint density at radius 2 is 1.93 bits per heavy atom. The molecule has 1 aromatic carbocycles. The fraction of sp³-hybridized carbons (Fsp3) is 0.333. The number of para-hydroxylation sites is 1. The standard InChI is InChI=1S/C21H24N4O2/c1-16(19-14-17-6-2-3-7-18(17)27-19)23-21(26)15-24-10-12-25(13-11-24)20-8-4-5-9-22-20/h2-9,14,16H,10-13,15H2,1H3,(H,23,26)/t16-/m0/s1. The summed E-state index contributed by atoms with van der Waals surface area (Å²) in [6.07, 6.45) is 1.81. The van der Waals surface area contributed by atoms with Crippen molar-refractivity contribution in [1.82, 2.24) is 15.2 Å². The molecule has 6 heteroatoms. The van der Waals surface area contributed by atoms with Crippen LogP contribution >= 0.6 is 0 Å². The number of hydrogen-bond acceptors (Lipinski definition) is 5. The Morgan fingerprint density at radius 3 is 2.67 bits per heavy atom. The van der Waals surface area contributed by atoms with Gasteiger partial charge in [0.1, 0.15) is 17.2 Å². The van der Waals surface area contributed by atoms with Crippen LogP contribution in [0.3, 0.4) is 0 Å². The van der Waals surface area contributed by atoms with Crippen LogP contribution < -0.4 is 10.2 Å². The van der Waals surface area contributed by atoms with Crippen molar-refractivity contribution in [1.29, 1.82) is 0 Å². The smallest absolute Gasteiger partial charge is 0.234 e. The Balaban J connectivity index is 1.28. The van der Waals surface area contributed by atoms with Crippen molar-refractivity contribution in [2.45, 2.75) is 13.0 Å². The van der Waals surface area contributed by atoms with Crippen LogP contribution in [0.1, 0.15) is 18.7 Å². The molecular formula is C21H24N4O2. The van der Waals surface area contributed by atoms with Crippen molar-refractivity contribution in [3.63, 3.8) is 0 Å². The van der Waals surface area contributed by atoms with Crippen molar-refractivity contribution in [2.24, 2.45) is 0 Å². The van der Waals surface area contributed by atoms with Crippen molar-refractivity contribution < 1.29 is 9.21 Å². The van der Waals surface area contributed by atoms with Gasteiger partial charge < -0.3 is 14.6 Å². The maximum Gasteiger partial charge on any atom is 0.234 e. The third-order valence-corrected chi connectivity index (χ3v) is 4.96. The minimum Gasteiger partial charge on any atom is -0.459 e. The Kier molecular flexibility index (Phi) is 5.07. The molecule has 4 rings (SSSR count). The fourth-order valence-electron chi connectivity index (χ4n) is 3.45. The summed E-state index contributed by atoms with van der Waals surface area (Å²) in [5, 5.41) is 4.10. The lowest BCUT2D eigenvalue weighted by atomic mass is 10.2. The normalized spacial score (nSPS) is 16.4. The zero-order chi connectivity index (χ0) is 18.6. The first-order chi connectivity index (χ1) is 13.2. The summed E-state index contributed by atoms with van der Waals surface area (Å²) < 4.78 is 5.84. The number of furan rings is 1.